The maximum absolute atomic E-state index is 13.4. The van der Waals surface area contributed by atoms with E-state index in [2.05, 4.69) is 5.43 Å². The Morgan fingerprint density at radius 2 is 1.62 bits per heavy atom. The average Bonchev–Trinajstić information content (AvgIpc) is 2.87. The minimum Gasteiger partial charge on any atom is -0.481 e. The van der Waals surface area contributed by atoms with Crippen LogP contribution in [-0.2, 0) is 4.79 Å². The van der Waals surface area contributed by atoms with Gasteiger partial charge in [-0.15, -0.1) is 0 Å². The maximum atomic E-state index is 13.4. The Bertz CT molecular complexity index is 1320. The van der Waals surface area contributed by atoms with E-state index < -0.39 is 29.6 Å². The van der Waals surface area contributed by atoms with Gasteiger partial charge >= 0.3 is 0 Å². The molecule has 3 aromatic carbocycles. The van der Waals surface area contributed by atoms with Crippen LogP contribution in [0.4, 0.5) is 0 Å². The zero-order valence-electron chi connectivity index (χ0n) is 19.1. The summed E-state index contributed by atoms with van der Waals surface area (Å²) < 4.78 is 6.87. The Hall–Kier alpha value is -3.97. The number of fused-ring (bicyclic) bond motifs is 1. The number of hydrogen-bond acceptors (Lipinski definition) is 5. The summed E-state index contributed by atoms with van der Waals surface area (Å²) in [5.74, 6) is -0.221. The lowest BCUT2D eigenvalue weighted by Crippen LogP contribution is -2.42. The van der Waals surface area contributed by atoms with Crippen molar-refractivity contribution in [1.29, 1.82) is 0 Å². The topological polar surface area (TPSA) is 93.5 Å². The van der Waals surface area contributed by atoms with Gasteiger partial charge < -0.3 is 9.84 Å². The first-order valence-corrected chi connectivity index (χ1v) is 11.3. The van der Waals surface area contributed by atoms with E-state index in [9.17, 15) is 14.7 Å². The third-order valence-electron chi connectivity index (χ3n) is 5.74. The zero-order valence-corrected chi connectivity index (χ0v) is 19.1. The van der Waals surface area contributed by atoms with Crippen molar-refractivity contribution < 1.29 is 14.6 Å². The summed E-state index contributed by atoms with van der Waals surface area (Å²) >= 11 is 0. The Morgan fingerprint density at radius 1 is 1.00 bits per heavy atom. The Labute approximate surface area is 197 Å². The second-order valence-electron chi connectivity index (χ2n) is 8.05. The van der Waals surface area contributed by atoms with Crippen molar-refractivity contribution in [1.82, 2.24) is 9.66 Å². The van der Waals surface area contributed by atoms with Crippen LogP contribution in [0.25, 0.3) is 10.9 Å². The highest BCUT2D eigenvalue weighted by atomic mass is 16.5. The van der Waals surface area contributed by atoms with E-state index in [0.29, 0.717) is 28.6 Å². The molecule has 0 aliphatic heterocycles. The van der Waals surface area contributed by atoms with Crippen LogP contribution in [-0.4, -0.2) is 26.8 Å². The van der Waals surface area contributed by atoms with Crippen LogP contribution in [0, 0.1) is 0 Å². The maximum Gasteiger partial charge on any atom is 0.280 e. The van der Waals surface area contributed by atoms with Gasteiger partial charge in [-0.05, 0) is 43.2 Å². The molecular formula is C27H27N3O4. The monoisotopic (exact) mass is 457 g/mol. The third kappa shape index (κ3) is 4.84. The molecule has 0 spiro atoms. The van der Waals surface area contributed by atoms with E-state index in [-0.39, 0.29) is 5.82 Å². The van der Waals surface area contributed by atoms with E-state index in [1.165, 1.54) is 0 Å². The van der Waals surface area contributed by atoms with Crippen molar-refractivity contribution in [2.45, 2.75) is 38.4 Å². The van der Waals surface area contributed by atoms with Crippen molar-refractivity contribution in [2.75, 3.05) is 5.43 Å². The number of aliphatic hydroxyl groups excluding tert-OH is 1. The Morgan fingerprint density at radius 3 is 2.29 bits per heavy atom. The standard InChI is InChI=1S/C27H27N3O4/c1-3-21(24(31)19-12-6-4-7-13-19)25-28-23-17-11-10-16-22(23)27(33)30(25)29-26(32)18(2)34-20-14-8-5-9-15-20/h4-18,21,24,31H,3H2,1-2H3,(H,29,32). The van der Waals surface area contributed by atoms with Crippen LogP contribution in [0.1, 0.15) is 43.7 Å². The number of aliphatic hydroxyl groups is 1. The molecule has 1 heterocycles. The van der Waals surface area contributed by atoms with Crippen molar-refractivity contribution in [3.63, 3.8) is 0 Å². The first-order chi connectivity index (χ1) is 16.5. The fourth-order valence-corrected chi connectivity index (χ4v) is 3.89. The van der Waals surface area contributed by atoms with Gasteiger partial charge in [-0.3, -0.25) is 15.0 Å². The summed E-state index contributed by atoms with van der Waals surface area (Å²) in [5.41, 5.74) is 3.47. The Kier molecular flexibility index (Phi) is 7.04. The number of para-hydroxylation sites is 2. The molecule has 0 fully saturated rings. The lowest BCUT2D eigenvalue weighted by atomic mass is 9.92. The second kappa shape index (κ2) is 10.3. The fraction of sp³-hybridized carbons (Fsp3) is 0.222. The van der Waals surface area contributed by atoms with Gasteiger partial charge in [0.1, 0.15) is 11.6 Å². The first kappa shape index (κ1) is 23.2. The molecule has 0 saturated carbocycles. The molecule has 2 N–H and O–H groups in total. The molecule has 7 nitrogen and oxygen atoms in total. The molecule has 34 heavy (non-hydrogen) atoms. The number of carbonyl (C=O) groups excluding carboxylic acids is 1. The van der Waals surface area contributed by atoms with Crippen molar-refractivity contribution in [3.05, 3.63) is 107 Å². The van der Waals surface area contributed by atoms with Crippen LogP contribution in [0.15, 0.2) is 89.7 Å². The summed E-state index contributed by atoms with van der Waals surface area (Å²) in [6.07, 6.45) is -1.29. The number of hydrogen-bond donors (Lipinski definition) is 2. The minimum absolute atomic E-state index is 0.280. The number of aromatic nitrogens is 2. The molecule has 0 radical (unpaired) electrons. The molecule has 1 aromatic heterocycles. The van der Waals surface area contributed by atoms with Gasteiger partial charge in [-0.2, -0.15) is 0 Å². The largest absolute Gasteiger partial charge is 0.481 e. The van der Waals surface area contributed by atoms with Gasteiger partial charge in [-0.1, -0.05) is 67.6 Å². The fourth-order valence-electron chi connectivity index (χ4n) is 3.89. The number of amides is 1. The van der Waals surface area contributed by atoms with Crippen LogP contribution in [0.2, 0.25) is 0 Å². The van der Waals surface area contributed by atoms with E-state index >= 15 is 0 Å². The number of nitrogens with zero attached hydrogens (tertiary/aromatic N) is 2. The molecule has 1 amide bonds. The first-order valence-electron chi connectivity index (χ1n) is 11.3. The van der Waals surface area contributed by atoms with Gasteiger partial charge in [-0.25, -0.2) is 9.66 Å². The van der Waals surface area contributed by atoms with Crippen LogP contribution in [0.3, 0.4) is 0 Å². The average molecular weight is 458 g/mol. The van der Waals surface area contributed by atoms with Crippen LogP contribution >= 0.6 is 0 Å². The second-order valence-corrected chi connectivity index (χ2v) is 8.05. The summed E-state index contributed by atoms with van der Waals surface area (Å²) in [5, 5.41) is 11.5. The molecule has 3 atom stereocenters. The number of rotatable bonds is 8. The highest BCUT2D eigenvalue weighted by molar-refractivity contribution is 5.88. The van der Waals surface area contributed by atoms with E-state index in [4.69, 9.17) is 9.72 Å². The van der Waals surface area contributed by atoms with Gasteiger partial charge in [0.2, 0.25) is 0 Å². The molecular weight excluding hydrogens is 430 g/mol. The van der Waals surface area contributed by atoms with Gasteiger partial charge in [0.05, 0.1) is 17.0 Å². The van der Waals surface area contributed by atoms with Crippen molar-refractivity contribution in [2.24, 2.45) is 0 Å². The summed E-state index contributed by atoms with van der Waals surface area (Å²) in [7, 11) is 0. The lowest BCUT2D eigenvalue weighted by Gasteiger charge is -2.25. The molecule has 0 saturated heterocycles. The van der Waals surface area contributed by atoms with E-state index in [0.717, 1.165) is 4.68 Å². The zero-order chi connectivity index (χ0) is 24.1. The lowest BCUT2D eigenvalue weighted by molar-refractivity contribution is -0.123. The number of carbonyl (C=O) groups is 1. The molecule has 7 heteroatoms. The number of benzene rings is 3. The predicted molar refractivity (Wildman–Crippen MR) is 131 cm³/mol. The number of ether oxygens (including phenoxy) is 1. The van der Waals surface area contributed by atoms with E-state index in [1.54, 1.807) is 43.3 Å². The smallest absolute Gasteiger partial charge is 0.280 e. The van der Waals surface area contributed by atoms with Crippen LogP contribution < -0.4 is 15.7 Å². The van der Waals surface area contributed by atoms with Gasteiger partial charge in [0.15, 0.2) is 6.10 Å². The predicted octanol–water partition coefficient (Wildman–Crippen LogP) is 4.16. The third-order valence-corrected chi connectivity index (χ3v) is 5.74. The van der Waals surface area contributed by atoms with Gasteiger partial charge in [0, 0.05) is 5.92 Å². The summed E-state index contributed by atoms with van der Waals surface area (Å²) in [6, 6.07) is 25.1. The molecule has 174 valence electrons. The summed E-state index contributed by atoms with van der Waals surface area (Å²) in [6.45, 7) is 3.52. The molecule has 0 aliphatic carbocycles. The molecule has 4 aromatic rings. The SMILES string of the molecule is CCC(c1nc2ccccc2c(=O)n1NC(=O)C(C)Oc1ccccc1)C(O)c1ccccc1. The molecule has 0 bridgehead atoms. The summed E-state index contributed by atoms with van der Waals surface area (Å²) in [4.78, 5) is 31.2. The minimum atomic E-state index is -0.916. The molecule has 3 unspecified atom stereocenters. The quantitative estimate of drug-likeness (QED) is 0.414. The molecule has 0 aliphatic rings. The van der Waals surface area contributed by atoms with Crippen molar-refractivity contribution >= 4 is 16.8 Å². The normalized spacial score (nSPS) is 13.7. The highest BCUT2D eigenvalue weighted by Gasteiger charge is 2.28. The molecule has 4 rings (SSSR count). The Balaban J connectivity index is 1.74. The van der Waals surface area contributed by atoms with Crippen LogP contribution in [0.5, 0.6) is 5.75 Å². The van der Waals surface area contributed by atoms with Crippen molar-refractivity contribution in [3.8, 4) is 5.75 Å². The van der Waals surface area contributed by atoms with E-state index in [1.807, 2.05) is 55.5 Å². The van der Waals surface area contributed by atoms with Gasteiger partial charge in [0.25, 0.3) is 11.5 Å². The number of nitrogens with one attached hydrogen (secondary N) is 1. The highest BCUT2D eigenvalue weighted by Crippen LogP contribution is 2.32.